The first kappa shape index (κ1) is 31.3. The third-order valence-corrected chi connectivity index (χ3v) is 9.04. The molecule has 0 saturated carbocycles. The molecule has 8 bridgehead atoms. The van der Waals surface area contributed by atoms with Crippen LogP contribution < -0.4 is 15.3 Å². The zero-order chi connectivity index (χ0) is 31.7. The van der Waals surface area contributed by atoms with E-state index < -0.39 is 0 Å². The van der Waals surface area contributed by atoms with Crippen LogP contribution in [-0.4, -0.2) is 15.9 Å². The summed E-state index contributed by atoms with van der Waals surface area (Å²) >= 11 is 1.59. The van der Waals surface area contributed by atoms with E-state index in [0.29, 0.717) is 0 Å². The van der Waals surface area contributed by atoms with E-state index in [4.69, 9.17) is 19.9 Å². The second kappa shape index (κ2) is 13.4. The summed E-state index contributed by atoms with van der Waals surface area (Å²) in [5.74, 6) is -0.106. The molecule has 0 unspecified atom stereocenters. The SMILES string of the molecule is CC(=O)Nc1ccc(Sc2c3nc(c(-c4ccccc4)c4ccc(cc5nc(c(-c6ccccc6)c6ccc2[n-]6)C=C5)[n-]4)C=C3)cc1.[Zn+2]. The van der Waals surface area contributed by atoms with E-state index in [1.807, 2.05) is 91.0 Å². The summed E-state index contributed by atoms with van der Waals surface area (Å²) in [5, 5.41) is 2.85. The molecule has 5 heterocycles. The quantitative estimate of drug-likeness (QED) is 0.181. The molecule has 0 atom stereocenters. The third kappa shape index (κ3) is 6.33. The molecule has 2 aliphatic heterocycles. The van der Waals surface area contributed by atoms with Crippen LogP contribution in [0.3, 0.4) is 0 Å². The van der Waals surface area contributed by atoms with Crippen molar-refractivity contribution < 1.29 is 24.3 Å². The number of benzene rings is 3. The summed E-state index contributed by atoms with van der Waals surface area (Å²) in [6.45, 7) is 1.51. The van der Waals surface area contributed by atoms with Crippen molar-refractivity contribution in [3.8, 4) is 22.3 Å². The number of hydrogen-bond donors (Lipinski definition) is 1. The van der Waals surface area contributed by atoms with Crippen LogP contribution in [0.25, 0.3) is 68.6 Å². The normalized spacial score (nSPS) is 11.7. The van der Waals surface area contributed by atoms with E-state index in [-0.39, 0.29) is 25.4 Å². The molecule has 3 aromatic heterocycles. The zero-order valence-corrected chi connectivity index (χ0v) is 29.9. The first-order chi connectivity index (χ1) is 23.1. The second-order valence-electron chi connectivity index (χ2n) is 11.2. The Labute approximate surface area is 294 Å². The summed E-state index contributed by atoms with van der Waals surface area (Å²) < 4.78 is 0. The molecule has 0 radical (unpaired) electrons. The molecule has 0 saturated heterocycles. The van der Waals surface area contributed by atoms with Crippen molar-refractivity contribution in [1.82, 2.24) is 19.9 Å². The maximum Gasteiger partial charge on any atom is 2.00 e. The van der Waals surface area contributed by atoms with Crippen LogP contribution in [0.4, 0.5) is 5.69 Å². The maximum absolute atomic E-state index is 11.6. The van der Waals surface area contributed by atoms with Gasteiger partial charge in [-0.3, -0.25) is 4.79 Å². The van der Waals surface area contributed by atoms with Crippen LogP contribution in [0, 0.1) is 0 Å². The topological polar surface area (TPSA) is 83.1 Å². The van der Waals surface area contributed by atoms with Crippen molar-refractivity contribution in [2.45, 2.75) is 16.7 Å². The monoisotopic (exact) mass is 689 g/mol. The second-order valence-corrected chi connectivity index (χ2v) is 12.3. The van der Waals surface area contributed by atoms with Crippen molar-refractivity contribution >= 4 is 69.7 Å². The predicted octanol–water partition coefficient (Wildman–Crippen LogP) is 9.35. The number of aromatic nitrogens is 4. The van der Waals surface area contributed by atoms with Gasteiger partial charge in [0.1, 0.15) is 0 Å². The van der Waals surface area contributed by atoms with Crippen LogP contribution in [0.2, 0.25) is 0 Å². The van der Waals surface area contributed by atoms with Crippen molar-refractivity contribution in [2.24, 2.45) is 0 Å². The Kier molecular flexibility index (Phi) is 8.77. The van der Waals surface area contributed by atoms with Gasteiger partial charge in [0.05, 0.1) is 22.8 Å². The third-order valence-electron chi connectivity index (χ3n) is 7.91. The molecule has 0 fully saturated rings. The van der Waals surface area contributed by atoms with Gasteiger partial charge < -0.3 is 15.3 Å². The molecule has 48 heavy (non-hydrogen) atoms. The van der Waals surface area contributed by atoms with Gasteiger partial charge in [0.2, 0.25) is 5.91 Å². The first-order valence-electron chi connectivity index (χ1n) is 15.3. The zero-order valence-electron chi connectivity index (χ0n) is 26.1. The Hall–Kier alpha value is -5.30. The fraction of sp³-hybridized carbons (Fsp3) is 0.0250. The van der Waals surface area contributed by atoms with Crippen LogP contribution in [-0.2, 0) is 24.3 Å². The van der Waals surface area contributed by atoms with Gasteiger partial charge in [0, 0.05) is 22.4 Å². The first-order valence-corrected chi connectivity index (χ1v) is 16.1. The number of rotatable bonds is 5. The Balaban J connectivity index is 0.00000364. The minimum absolute atomic E-state index is 0. The fourth-order valence-corrected chi connectivity index (χ4v) is 6.77. The van der Waals surface area contributed by atoms with Crippen LogP contribution >= 0.6 is 11.8 Å². The van der Waals surface area contributed by atoms with E-state index in [1.54, 1.807) is 11.8 Å². The molecule has 8 rings (SSSR count). The van der Waals surface area contributed by atoms with E-state index in [1.165, 1.54) is 6.92 Å². The molecule has 6 nitrogen and oxygen atoms in total. The minimum atomic E-state index is -0.106. The van der Waals surface area contributed by atoms with Gasteiger partial charge in [-0.15, -0.1) is 22.1 Å². The van der Waals surface area contributed by atoms with Crippen LogP contribution in [0.5, 0.6) is 0 Å². The average molecular weight is 691 g/mol. The number of hydrogen-bond acceptors (Lipinski definition) is 4. The van der Waals surface area contributed by atoms with Gasteiger partial charge in [-0.2, -0.15) is 0 Å². The van der Waals surface area contributed by atoms with Gasteiger partial charge in [-0.25, -0.2) is 9.97 Å². The molecule has 1 N–H and O–H groups in total. The molecular formula is C40H27N5OSZn. The van der Waals surface area contributed by atoms with Gasteiger partial charge >= 0.3 is 19.5 Å². The summed E-state index contributed by atoms with van der Waals surface area (Å²) in [5.41, 5.74) is 11.4. The fourth-order valence-electron chi connectivity index (χ4n) is 5.83. The molecule has 1 amide bonds. The van der Waals surface area contributed by atoms with E-state index in [2.05, 4.69) is 53.9 Å². The van der Waals surface area contributed by atoms with Crippen molar-refractivity contribution in [2.75, 3.05) is 5.32 Å². The Morgan fingerprint density at radius 3 is 1.90 bits per heavy atom. The molecule has 0 aliphatic carbocycles. The predicted molar refractivity (Wildman–Crippen MR) is 193 cm³/mol. The molecular weight excluding hydrogens is 664 g/mol. The van der Waals surface area contributed by atoms with Gasteiger partial charge in [0.15, 0.2) is 0 Å². The number of nitrogens with zero attached hydrogens (tertiary/aromatic N) is 4. The summed E-state index contributed by atoms with van der Waals surface area (Å²) in [4.78, 5) is 34.0. The number of carbonyl (C=O) groups excluding carboxylic acids is 1. The largest absolute Gasteiger partial charge is 2.00 e. The number of amides is 1. The molecule has 8 heteroatoms. The van der Waals surface area contributed by atoms with Crippen molar-refractivity contribution in [3.05, 3.63) is 138 Å². The van der Waals surface area contributed by atoms with Gasteiger partial charge in [-0.05, 0) is 70.8 Å². The summed E-state index contributed by atoms with van der Waals surface area (Å²) in [7, 11) is 0. The average Bonchev–Trinajstić information content (AvgIpc) is 3.92. The van der Waals surface area contributed by atoms with Crippen LogP contribution in [0.1, 0.15) is 29.7 Å². The molecule has 0 spiro atoms. The van der Waals surface area contributed by atoms with E-state index in [9.17, 15) is 4.79 Å². The number of nitrogens with one attached hydrogen (secondary N) is 1. The smallest absolute Gasteiger partial charge is 0.657 e. The van der Waals surface area contributed by atoms with Crippen molar-refractivity contribution in [3.63, 3.8) is 0 Å². The molecule has 2 aliphatic rings. The standard InChI is InChI=1S/C40H28N5OS.Zn/c1-25(46)41-28-12-16-31(17-13-28)47-40-36-22-20-34(44-36)38(26-8-4-2-5-9-26)32-18-14-29(42-32)24-30-15-19-33(43-30)39(27-10-6-3-7-11-27)35-21-23-37(40)45-35;/h2-24H,1H3,(H2-,41,42,43,44,45,46);/q-1;+2/p-1. The molecule has 3 aromatic carbocycles. The van der Waals surface area contributed by atoms with Gasteiger partial charge in [-0.1, -0.05) is 103 Å². The summed E-state index contributed by atoms with van der Waals surface area (Å²) in [6.07, 6.45) is 8.19. The minimum Gasteiger partial charge on any atom is -0.657 e. The number of carbonyl (C=O) groups is 1. The number of anilines is 1. The maximum atomic E-state index is 11.6. The van der Waals surface area contributed by atoms with Crippen molar-refractivity contribution in [1.29, 1.82) is 0 Å². The van der Waals surface area contributed by atoms with Gasteiger partial charge in [0.25, 0.3) is 0 Å². The molecule has 6 aromatic rings. The molecule has 226 valence electrons. The number of fused-ring (bicyclic) bond motifs is 8. The Morgan fingerprint density at radius 2 is 1.21 bits per heavy atom. The van der Waals surface area contributed by atoms with Crippen LogP contribution in [0.15, 0.2) is 125 Å². The van der Waals surface area contributed by atoms with E-state index >= 15 is 0 Å². The Bertz CT molecular complexity index is 2340. The van der Waals surface area contributed by atoms with E-state index in [0.717, 1.165) is 82.6 Å². The Morgan fingerprint density at radius 1 is 0.625 bits per heavy atom. The summed E-state index contributed by atoms with van der Waals surface area (Å²) in [6, 6.07) is 38.5.